The Labute approximate surface area is 213 Å². The molecular weight excluding hydrogens is 449 g/mol. The predicted octanol–water partition coefficient (Wildman–Crippen LogP) is 7.24. The molecule has 34 heavy (non-hydrogen) atoms. The van der Waals surface area contributed by atoms with Crippen molar-refractivity contribution in [3.05, 3.63) is 0 Å². The topological polar surface area (TPSA) is 57.2 Å². The van der Waals surface area contributed by atoms with E-state index in [9.17, 15) is 4.89 Å². The monoisotopic (exact) mass is 508 g/mol. The Kier molecular flexibility index (Phi) is 25.0. The molecule has 0 fully saturated rings. The first-order valence-electron chi connectivity index (χ1n) is 14.0. The van der Waals surface area contributed by atoms with E-state index in [4.69, 9.17) is 18.5 Å². The van der Waals surface area contributed by atoms with Gasteiger partial charge in [-0.3, -0.25) is 0 Å². The van der Waals surface area contributed by atoms with Gasteiger partial charge in [-0.25, -0.2) is 0 Å². The van der Waals surface area contributed by atoms with E-state index in [0.717, 1.165) is 24.1 Å². The van der Waals surface area contributed by atoms with Crippen LogP contribution in [-0.4, -0.2) is 76.7 Å². The first-order valence-corrected chi connectivity index (χ1v) is 15.2. The molecule has 2 atom stereocenters. The maximum Gasteiger partial charge on any atom is 0.330 e. The van der Waals surface area contributed by atoms with Gasteiger partial charge in [0, 0.05) is 13.7 Å². The number of ether oxygens (including phenoxy) is 2. The quantitative estimate of drug-likeness (QED) is 0.0720. The van der Waals surface area contributed by atoms with Crippen LogP contribution >= 0.6 is 8.60 Å². The molecule has 1 N–H and O–H groups in total. The second-order valence-electron chi connectivity index (χ2n) is 10.6. The van der Waals surface area contributed by atoms with E-state index in [2.05, 4.69) is 28.1 Å². The standard InChI is InChI=1S/C27H59NO5P/c1-6-7-8-9-10-11-12-13-14-15-16-17-18-19-20-21-23-31-25-27(30-5)26-33-34(29)32-24-22-28(2,3)4/h27,29H,6-26H2,1-5H3/q+1. The minimum Gasteiger partial charge on any atom is -0.379 e. The van der Waals surface area contributed by atoms with Gasteiger partial charge >= 0.3 is 8.60 Å². The molecule has 0 aliphatic heterocycles. The molecule has 0 aromatic rings. The SMILES string of the molecule is CCCCCCCCCCCCCCCCCCOCC(COP(O)OCC[N+](C)(C)C)OC. The summed E-state index contributed by atoms with van der Waals surface area (Å²) in [5.74, 6) is 0. The van der Waals surface area contributed by atoms with E-state index in [-0.39, 0.29) is 12.7 Å². The van der Waals surface area contributed by atoms with Crippen LogP contribution in [0.4, 0.5) is 0 Å². The molecule has 0 bridgehead atoms. The maximum atomic E-state index is 9.84. The van der Waals surface area contributed by atoms with Crippen LogP contribution < -0.4 is 0 Å². The lowest BCUT2D eigenvalue weighted by Crippen LogP contribution is -2.37. The van der Waals surface area contributed by atoms with Crippen molar-refractivity contribution in [2.24, 2.45) is 0 Å². The summed E-state index contributed by atoms with van der Waals surface area (Å²) in [6.07, 6.45) is 21.8. The summed E-state index contributed by atoms with van der Waals surface area (Å²) in [5, 5.41) is 0. The molecule has 0 radical (unpaired) electrons. The molecule has 7 heteroatoms. The second-order valence-corrected chi connectivity index (χ2v) is 11.6. The Morgan fingerprint density at radius 2 is 1.12 bits per heavy atom. The normalized spacial score (nSPS) is 13.9. The summed E-state index contributed by atoms with van der Waals surface area (Å²) in [7, 11) is 6.04. The number of hydrogen-bond donors (Lipinski definition) is 1. The van der Waals surface area contributed by atoms with Crippen molar-refractivity contribution in [3.8, 4) is 0 Å². The summed E-state index contributed by atoms with van der Waals surface area (Å²) < 4.78 is 22.6. The molecule has 0 rings (SSSR count). The average Bonchev–Trinajstić information content (AvgIpc) is 2.79. The predicted molar refractivity (Wildman–Crippen MR) is 145 cm³/mol. The van der Waals surface area contributed by atoms with Gasteiger partial charge in [0.1, 0.15) is 19.3 Å². The van der Waals surface area contributed by atoms with Crippen molar-refractivity contribution in [3.63, 3.8) is 0 Å². The summed E-state index contributed by atoms with van der Waals surface area (Å²) >= 11 is 0. The van der Waals surface area contributed by atoms with Crippen LogP contribution in [0.3, 0.4) is 0 Å². The highest BCUT2D eigenvalue weighted by Crippen LogP contribution is 2.32. The number of quaternary nitrogens is 1. The fourth-order valence-electron chi connectivity index (χ4n) is 3.73. The Morgan fingerprint density at radius 1 is 0.647 bits per heavy atom. The van der Waals surface area contributed by atoms with E-state index in [1.165, 1.54) is 96.3 Å². The zero-order valence-electron chi connectivity index (χ0n) is 23.4. The molecule has 0 aliphatic carbocycles. The molecule has 0 saturated heterocycles. The third-order valence-corrected chi connectivity index (χ3v) is 6.89. The molecule has 0 aliphatic rings. The minimum atomic E-state index is -1.86. The smallest absolute Gasteiger partial charge is 0.330 e. The number of hydrogen-bond acceptors (Lipinski definition) is 5. The Morgan fingerprint density at radius 3 is 1.56 bits per heavy atom. The van der Waals surface area contributed by atoms with Crippen molar-refractivity contribution in [2.75, 3.05) is 61.2 Å². The highest BCUT2D eigenvalue weighted by Gasteiger charge is 2.15. The summed E-state index contributed by atoms with van der Waals surface area (Å²) in [6, 6.07) is 0. The third kappa shape index (κ3) is 26.8. The zero-order valence-corrected chi connectivity index (χ0v) is 24.3. The van der Waals surface area contributed by atoms with E-state index in [1.54, 1.807) is 7.11 Å². The number of methoxy groups -OCH3 is 1. The number of unbranched alkanes of at least 4 members (excludes halogenated alkanes) is 15. The highest BCUT2D eigenvalue weighted by molar-refractivity contribution is 7.40. The van der Waals surface area contributed by atoms with Crippen molar-refractivity contribution < 1.29 is 27.9 Å². The maximum absolute atomic E-state index is 9.84. The summed E-state index contributed by atoms with van der Waals surface area (Å²) in [4.78, 5) is 9.84. The van der Waals surface area contributed by atoms with Crippen LogP contribution in [0.1, 0.15) is 110 Å². The molecule has 0 aromatic carbocycles. The molecule has 0 spiro atoms. The highest BCUT2D eigenvalue weighted by atomic mass is 31.2. The first-order chi connectivity index (χ1) is 16.4. The van der Waals surface area contributed by atoms with Crippen LogP contribution in [-0.2, 0) is 18.5 Å². The van der Waals surface area contributed by atoms with Crippen LogP contribution in [0, 0.1) is 0 Å². The van der Waals surface area contributed by atoms with Crippen LogP contribution in [0.15, 0.2) is 0 Å². The number of likely N-dealkylation sites (N-methyl/N-ethyl adjacent to an activating group) is 1. The van der Waals surface area contributed by atoms with Gasteiger partial charge in [0.05, 0.1) is 34.4 Å². The van der Waals surface area contributed by atoms with Gasteiger partial charge in [0.25, 0.3) is 0 Å². The Bertz CT molecular complexity index is 409. The Hall–Kier alpha value is 0.190. The minimum absolute atomic E-state index is 0.180. The van der Waals surface area contributed by atoms with Gasteiger partial charge in [-0.2, -0.15) is 0 Å². The molecule has 2 unspecified atom stereocenters. The molecule has 0 amide bonds. The zero-order chi connectivity index (χ0) is 25.3. The van der Waals surface area contributed by atoms with E-state index in [1.807, 2.05) is 0 Å². The van der Waals surface area contributed by atoms with Crippen molar-refractivity contribution >= 4 is 8.60 Å². The number of rotatable bonds is 27. The third-order valence-electron chi connectivity index (χ3n) is 6.11. The van der Waals surface area contributed by atoms with E-state index in [0.29, 0.717) is 13.2 Å². The lowest BCUT2D eigenvalue weighted by Gasteiger charge is -2.24. The average molecular weight is 509 g/mol. The van der Waals surface area contributed by atoms with Gasteiger partial charge < -0.3 is 27.9 Å². The van der Waals surface area contributed by atoms with Gasteiger partial charge in [-0.1, -0.05) is 103 Å². The summed E-state index contributed by atoms with van der Waals surface area (Å²) in [5.41, 5.74) is 0. The largest absolute Gasteiger partial charge is 0.379 e. The molecule has 0 heterocycles. The lowest BCUT2D eigenvalue weighted by atomic mass is 10.0. The van der Waals surface area contributed by atoms with Gasteiger partial charge in [0.15, 0.2) is 0 Å². The van der Waals surface area contributed by atoms with Crippen LogP contribution in [0.5, 0.6) is 0 Å². The van der Waals surface area contributed by atoms with Crippen molar-refractivity contribution in [1.82, 2.24) is 0 Å². The molecule has 0 saturated carbocycles. The Balaban J connectivity index is 3.37. The number of nitrogens with zero attached hydrogens (tertiary/aromatic N) is 1. The van der Waals surface area contributed by atoms with E-state index < -0.39 is 8.60 Å². The molecular formula is C27H59NO5P+. The van der Waals surface area contributed by atoms with Gasteiger partial charge in [-0.15, -0.1) is 0 Å². The van der Waals surface area contributed by atoms with Gasteiger partial charge in [0.2, 0.25) is 0 Å². The lowest BCUT2D eigenvalue weighted by molar-refractivity contribution is -0.870. The fraction of sp³-hybridized carbons (Fsp3) is 1.00. The molecule has 0 aromatic heterocycles. The first kappa shape index (κ1) is 34.2. The molecule has 206 valence electrons. The van der Waals surface area contributed by atoms with Crippen molar-refractivity contribution in [2.45, 2.75) is 116 Å². The second kappa shape index (κ2) is 24.9. The molecule has 6 nitrogen and oxygen atoms in total. The van der Waals surface area contributed by atoms with Crippen LogP contribution in [0.25, 0.3) is 0 Å². The van der Waals surface area contributed by atoms with Crippen LogP contribution in [0.2, 0.25) is 0 Å². The van der Waals surface area contributed by atoms with E-state index >= 15 is 0 Å². The summed E-state index contributed by atoms with van der Waals surface area (Å²) in [6.45, 7) is 5.09. The van der Waals surface area contributed by atoms with Gasteiger partial charge in [-0.05, 0) is 6.42 Å². The van der Waals surface area contributed by atoms with Crippen molar-refractivity contribution in [1.29, 1.82) is 0 Å². The fourth-order valence-corrected chi connectivity index (χ4v) is 4.33.